The van der Waals surface area contributed by atoms with Crippen LogP contribution in [0.4, 0.5) is 4.39 Å². The molecular formula is C27H20FN3OS. The van der Waals surface area contributed by atoms with Crippen LogP contribution in [0, 0.1) is 19.7 Å². The zero-order valence-corrected chi connectivity index (χ0v) is 19.0. The Labute approximate surface area is 192 Å². The largest absolute Gasteiger partial charge is 0.342 e. The molecule has 0 saturated heterocycles. The predicted octanol–water partition coefficient (Wildman–Crippen LogP) is 5.22. The van der Waals surface area contributed by atoms with Crippen LogP contribution in [0.2, 0.25) is 0 Å². The van der Waals surface area contributed by atoms with E-state index >= 15 is 0 Å². The fraction of sp³-hybridized carbons (Fsp3) is 0.111. The van der Waals surface area contributed by atoms with Crippen molar-refractivity contribution < 1.29 is 4.39 Å². The van der Waals surface area contributed by atoms with Crippen LogP contribution < -0.4 is 10.1 Å². The third kappa shape index (κ3) is 3.09. The lowest BCUT2D eigenvalue weighted by atomic mass is 10.1. The third-order valence-electron chi connectivity index (χ3n) is 6.34. The summed E-state index contributed by atoms with van der Waals surface area (Å²) in [6, 6.07) is 18.8. The molecule has 3 heterocycles. The Balaban J connectivity index is 1.54. The second kappa shape index (κ2) is 7.39. The van der Waals surface area contributed by atoms with Gasteiger partial charge >= 0.3 is 0 Å². The molecule has 3 aromatic heterocycles. The Morgan fingerprint density at radius 3 is 2.64 bits per heavy atom. The highest BCUT2D eigenvalue weighted by Crippen LogP contribution is 2.25. The average molecular weight is 454 g/mol. The molecule has 6 heteroatoms. The molecule has 4 nitrogen and oxygen atoms in total. The van der Waals surface area contributed by atoms with E-state index in [0.29, 0.717) is 21.6 Å². The summed E-state index contributed by atoms with van der Waals surface area (Å²) in [4.78, 5) is 18.8. The van der Waals surface area contributed by atoms with Gasteiger partial charge in [0.2, 0.25) is 0 Å². The van der Waals surface area contributed by atoms with Crippen molar-refractivity contribution in [2.75, 3.05) is 0 Å². The molecule has 162 valence electrons. The zero-order chi connectivity index (χ0) is 22.7. The van der Waals surface area contributed by atoms with E-state index in [1.807, 2.05) is 66.2 Å². The van der Waals surface area contributed by atoms with Crippen LogP contribution in [0.1, 0.15) is 22.3 Å². The number of nitrogens with zero attached hydrogens (tertiary/aromatic N) is 3. The lowest BCUT2D eigenvalue weighted by molar-refractivity contribution is 0.602. The molecule has 0 unspecified atom stereocenters. The highest BCUT2D eigenvalue weighted by molar-refractivity contribution is 7.15. The van der Waals surface area contributed by atoms with Crippen LogP contribution in [0.15, 0.2) is 71.7 Å². The van der Waals surface area contributed by atoms with Crippen molar-refractivity contribution in [3.8, 4) is 0 Å². The molecule has 0 aliphatic carbocycles. The molecule has 0 aliphatic heterocycles. The van der Waals surface area contributed by atoms with Crippen LogP contribution in [0.3, 0.4) is 0 Å². The second-order valence-corrected chi connectivity index (χ2v) is 9.35. The maximum Gasteiger partial charge on any atom is 0.274 e. The van der Waals surface area contributed by atoms with E-state index < -0.39 is 0 Å². The summed E-state index contributed by atoms with van der Waals surface area (Å²) in [5.74, 6) is -0.223. The molecule has 0 saturated carbocycles. The van der Waals surface area contributed by atoms with E-state index in [2.05, 4.69) is 6.92 Å². The summed E-state index contributed by atoms with van der Waals surface area (Å²) < 4.78 is 18.6. The monoisotopic (exact) mass is 453 g/mol. The molecule has 0 amide bonds. The van der Waals surface area contributed by atoms with Crippen molar-refractivity contribution in [3.05, 3.63) is 110 Å². The Bertz CT molecular complexity index is 1810. The van der Waals surface area contributed by atoms with Crippen molar-refractivity contribution in [3.63, 3.8) is 0 Å². The molecule has 3 aromatic carbocycles. The topological polar surface area (TPSA) is 39.3 Å². The van der Waals surface area contributed by atoms with Gasteiger partial charge < -0.3 is 4.57 Å². The molecular weight excluding hydrogens is 433 g/mol. The third-order valence-corrected chi connectivity index (χ3v) is 7.31. The maximum atomic E-state index is 14.3. The van der Waals surface area contributed by atoms with E-state index in [4.69, 9.17) is 4.98 Å². The highest BCUT2D eigenvalue weighted by atomic mass is 32.1. The summed E-state index contributed by atoms with van der Waals surface area (Å²) >= 11 is 1.40. The molecule has 0 radical (unpaired) electrons. The van der Waals surface area contributed by atoms with Crippen LogP contribution in [-0.2, 0) is 6.54 Å². The SMILES string of the molecule is Cc1ccc2c(nc3s/c(=C\c4cn(Cc5ccccc5F)c5ccccc45)c(=O)n32)c1C. The smallest absolute Gasteiger partial charge is 0.274 e. The molecule has 6 rings (SSSR count). The van der Waals surface area contributed by atoms with Crippen molar-refractivity contribution in [1.82, 2.24) is 14.0 Å². The molecule has 0 aliphatic rings. The Hall–Kier alpha value is -3.77. The summed E-state index contributed by atoms with van der Waals surface area (Å²) in [5.41, 5.74) is 6.48. The summed E-state index contributed by atoms with van der Waals surface area (Å²) in [7, 11) is 0. The minimum absolute atomic E-state index is 0.0633. The molecule has 6 aromatic rings. The van der Waals surface area contributed by atoms with E-state index in [1.54, 1.807) is 16.5 Å². The van der Waals surface area contributed by atoms with Gasteiger partial charge in [-0.25, -0.2) is 13.8 Å². The zero-order valence-electron chi connectivity index (χ0n) is 18.2. The Morgan fingerprint density at radius 2 is 1.79 bits per heavy atom. The molecule has 0 N–H and O–H groups in total. The van der Waals surface area contributed by atoms with Gasteiger partial charge in [0, 0.05) is 28.2 Å². The van der Waals surface area contributed by atoms with Crippen molar-refractivity contribution in [1.29, 1.82) is 0 Å². The van der Waals surface area contributed by atoms with E-state index in [9.17, 15) is 9.18 Å². The molecule has 0 fully saturated rings. The minimum atomic E-state index is -0.223. The van der Waals surface area contributed by atoms with Gasteiger partial charge in [-0.3, -0.25) is 4.79 Å². The standard InChI is InChI=1S/C27H20FN3OS/c1-16-11-12-23-25(17(16)2)29-27-31(23)26(32)24(33-27)13-19-15-30(22-10-6-4-8-20(19)22)14-18-7-3-5-9-21(18)28/h3-13,15H,14H2,1-2H3/b24-13-. The van der Waals surface area contributed by atoms with E-state index in [-0.39, 0.29) is 11.4 Å². The number of fused-ring (bicyclic) bond motifs is 4. The van der Waals surface area contributed by atoms with Crippen molar-refractivity contribution in [2.45, 2.75) is 20.4 Å². The van der Waals surface area contributed by atoms with Gasteiger partial charge in [-0.05, 0) is 49.2 Å². The summed E-state index contributed by atoms with van der Waals surface area (Å²) in [5, 5.41) is 1.02. The Morgan fingerprint density at radius 1 is 1.00 bits per heavy atom. The van der Waals surface area contributed by atoms with Crippen LogP contribution >= 0.6 is 11.3 Å². The van der Waals surface area contributed by atoms with Crippen molar-refractivity contribution >= 4 is 44.3 Å². The molecule has 33 heavy (non-hydrogen) atoms. The van der Waals surface area contributed by atoms with E-state index in [0.717, 1.165) is 38.6 Å². The van der Waals surface area contributed by atoms with Crippen LogP contribution in [0.5, 0.6) is 0 Å². The fourth-order valence-corrected chi connectivity index (χ4v) is 5.41. The minimum Gasteiger partial charge on any atom is -0.342 e. The van der Waals surface area contributed by atoms with Crippen LogP contribution in [0.25, 0.3) is 33.0 Å². The first kappa shape index (κ1) is 19.9. The number of rotatable bonds is 3. The molecule has 0 bridgehead atoms. The van der Waals surface area contributed by atoms with Gasteiger partial charge in [0.25, 0.3) is 5.56 Å². The second-order valence-electron chi connectivity index (χ2n) is 8.34. The average Bonchev–Trinajstić information content (AvgIpc) is 3.45. The number of hydrogen-bond donors (Lipinski definition) is 0. The van der Waals surface area contributed by atoms with Gasteiger partial charge in [-0.1, -0.05) is 53.8 Å². The number of para-hydroxylation sites is 1. The van der Waals surface area contributed by atoms with Gasteiger partial charge in [0.05, 0.1) is 22.1 Å². The Kier molecular flexibility index (Phi) is 4.45. The first-order valence-corrected chi connectivity index (χ1v) is 11.6. The number of halogens is 1. The number of aryl methyl sites for hydroxylation is 2. The number of benzene rings is 3. The van der Waals surface area contributed by atoms with Gasteiger partial charge in [0.1, 0.15) is 5.82 Å². The van der Waals surface area contributed by atoms with Crippen molar-refractivity contribution in [2.24, 2.45) is 0 Å². The number of thiazole rings is 1. The van der Waals surface area contributed by atoms with E-state index in [1.165, 1.54) is 17.4 Å². The first-order chi connectivity index (χ1) is 16.0. The van der Waals surface area contributed by atoms with Gasteiger partial charge in [0.15, 0.2) is 4.96 Å². The molecule has 0 spiro atoms. The maximum absolute atomic E-state index is 14.3. The lowest BCUT2D eigenvalue weighted by Crippen LogP contribution is -2.22. The number of hydrogen-bond acceptors (Lipinski definition) is 3. The lowest BCUT2D eigenvalue weighted by Gasteiger charge is -2.06. The molecule has 0 atom stereocenters. The normalized spacial score (nSPS) is 12.5. The van der Waals surface area contributed by atoms with Crippen LogP contribution in [-0.4, -0.2) is 14.0 Å². The summed E-state index contributed by atoms with van der Waals surface area (Å²) in [6.07, 6.45) is 3.92. The summed E-state index contributed by atoms with van der Waals surface area (Å²) in [6.45, 7) is 4.51. The number of imidazole rings is 1. The number of aromatic nitrogens is 3. The fourth-order valence-electron chi connectivity index (χ4n) is 4.44. The van der Waals surface area contributed by atoms with Gasteiger partial charge in [-0.15, -0.1) is 0 Å². The highest BCUT2D eigenvalue weighted by Gasteiger charge is 2.15. The quantitative estimate of drug-likeness (QED) is 0.369. The van der Waals surface area contributed by atoms with Gasteiger partial charge in [-0.2, -0.15) is 0 Å². The first-order valence-electron chi connectivity index (χ1n) is 10.8. The predicted molar refractivity (Wildman–Crippen MR) is 133 cm³/mol.